The van der Waals surface area contributed by atoms with Crippen LogP contribution >= 0.6 is 0 Å². The lowest BCUT2D eigenvalue weighted by molar-refractivity contribution is -0.178. The Kier molecular flexibility index (Phi) is 5.00. The van der Waals surface area contributed by atoms with Crippen LogP contribution in [0.5, 0.6) is 0 Å². The molecule has 0 spiro atoms. The van der Waals surface area contributed by atoms with Gasteiger partial charge in [-0.1, -0.05) is 0 Å². The third-order valence-corrected chi connectivity index (χ3v) is 5.77. The van der Waals surface area contributed by atoms with Gasteiger partial charge in [-0.3, -0.25) is 29.4 Å². The second-order valence-corrected chi connectivity index (χ2v) is 7.65. The highest BCUT2D eigenvalue weighted by Gasteiger charge is 2.47. The Morgan fingerprint density at radius 1 is 1.07 bits per heavy atom. The number of piperidine rings is 1. The summed E-state index contributed by atoms with van der Waals surface area (Å²) in [6.45, 7) is 0.145. The van der Waals surface area contributed by atoms with Gasteiger partial charge in [0, 0.05) is 37.7 Å². The molecule has 3 aliphatic rings. The average molecular weight is 424 g/mol. The number of anilines is 1. The van der Waals surface area contributed by atoms with Crippen LogP contribution in [0.25, 0.3) is 0 Å². The molecule has 3 heterocycles. The first kappa shape index (κ1) is 20.3. The Balaban J connectivity index is 1.48. The van der Waals surface area contributed by atoms with Gasteiger partial charge in [0.2, 0.25) is 11.8 Å². The quantitative estimate of drug-likeness (QED) is 0.620. The summed E-state index contributed by atoms with van der Waals surface area (Å²) in [7, 11) is 0. The summed E-state index contributed by atoms with van der Waals surface area (Å²) in [5.41, 5.74) is 0.602. The minimum Gasteiger partial charge on any atom is -0.385 e. The number of nitrogens with one attached hydrogen (secondary N) is 3. The Morgan fingerprint density at radius 3 is 2.50 bits per heavy atom. The summed E-state index contributed by atoms with van der Waals surface area (Å²) in [5.74, 6) is -4.57. The molecule has 160 valence electrons. The van der Waals surface area contributed by atoms with Crippen molar-refractivity contribution in [3.63, 3.8) is 0 Å². The number of amides is 4. The van der Waals surface area contributed by atoms with Crippen LogP contribution in [0, 0.1) is 11.8 Å². The van der Waals surface area contributed by atoms with Crippen LogP contribution in [0.4, 0.5) is 18.9 Å². The number of fused-ring (bicyclic) bond motifs is 1. The molecule has 0 bridgehead atoms. The molecule has 8 nitrogen and oxygen atoms in total. The van der Waals surface area contributed by atoms with Gasteiger partial charge in [-0.2, -0.15) is 13.2 Å². The van der Waals surface area contributed by atoms with E-state index < -0.39 is 47.7 Å². The summed E-state index contributed by atoms with van der Waals surface area (Å²) in [4.78, 5) is 49.7. The Morgan fingerprint density at radius 2 is 1.80 bits per heavy atom. The van der Waals surface area contributed by atoms with E-state index in [0.717, 1.165) is 4.90 Å². The fourth-order valence-electron chi connectivity index (χ4n) is 4.16. The van der Waals surface area contributed by atoms with Crippen LogP contribution in [-0.4, -0.2) is 60.4 Å². The van der Waals surface area contributed by atoms with Crippen LogP contribution < -0.4 is 16.0 Å². The number of halogens is 3. The van der Waals surface area contributed by atoms with Gasteiger partial charge < -0.3 is 10.6 Å². The van der Waals surface area contributed by atoms with E-state index in [0.29, 0.717) is 5.69 Å². The molecule has 3 aliphatic heterocycles. The van der Waals surface area contributed by atoms with E-state index in [-0.39, 0.29) is 43.6 Å². The maximum Gasteiger partial charge on any atom is 0.393 e. The molecule has 30 heavy (non-hydrogen) atoms. The van der Waals surface area contributed by atoms with Crippen molar-refractivity contribution in [3.05, 3.63) is 29.3 Å². The number of carbonyl (C=O) groups is 4. The third-order valence-electron chi connectivity index (χ3n) is 5.77. The van der Waals surface area contributed by atoms with E-state index in [1.807, 2.05) is 0 Å². The fraction of sp³-hybridized carbons (Fsp3) is 0.474. The first-order chi connectivity index (χ1) is 14.2. The van der Waals surface area contributed by atoms with Gasteiger partial charge >= 0.3 is 6.18 Å². The maximum atomic E-state index is 13.1. The van der Waals surface area contributed by atoms with Crippen molar-refractivity contribution in [2.75, 3.05) is 25.0 Å². The number of imide groups is 2. The molecule has 0 aromatic heterocycles. The van der Waals surface area contributed by atoms with E-state index >= 15 is 0 Å². The monoisotopic (exact) mass is 424 g/mol. The van der Waals surface area contributed by atoms with E-state index in [1.54, 1.807) is 0 Å². The van der Waals surface area contributed by atoms with Crippen molar-refractivity contribution in [2.45, 2.75) is 25.1 Å². The molecular weight excluding hydrogens is 405 g/mol. The lowest BCUT2D eigenvalue weighted by Gasteiger charge is -2.27. The number of alkyl halides is 3. The highest BCUT2D eigenvalue weighted by molar-refractivity contribution is 6.23. The second kappa shape index (κ2) is 7.38. The summed E-state index contributed by atoms with van der Waals surface area (Å²) < 4.78 is 39.2. The normalized spacial score (nSPS) is 26.8. The van der Waals surface area contributed by atoms with Crippen LogP contribution in [0.1, 0.15) is 33.6 Å². The molecule has 1 aromatic rings. The van der Waals surface area contributed by atoms with E-state index in [9.17, 15) is 32.3 Å². The van der Waals surface area contributed by atoms with Gasteiger partial charge in [0.1, 0.15) is 6.04 Å². The highest BCUT2D eigenvalue weighted by Crippen LogP contribution is 2.35. The van der Waals surface area contributed by atoms with Crippen molar-refractivity contribution in [2.24, 2.45) is 11.8 Å². The molecule has 3 N–H and O–H groups in total. The zero-order valence-corrected chi connectivity index (χ0v) is 15.7. The molecule has 2 fully saturated rings. The topological polar surface area (TPSA) is 108 Å². The molecule has 1 unspecified atom stereocenters. The second-order valence-electron chi connectivity index (χ2n) is 7.65. The number of nitrogens with zero attached hydrogens (tertiary/aromatic N) is 1. The van der Waals surface area contributed by atoms with Gasteiger partial charge in [0.05, 0.1) is 17.0 Å². The average Bonchev–Trinajstić information content (AvgIpc) is 3.25. The first-order valence-corrected chi connectivity index (χ1v) is 9.53. The molecule has 1 aromatic carbocycles. The predicted molar refractivity (Wildman–Crippen MR) is 97.5 cm³/mol. The molecule has 11 heteroatoms. The molecule has 0 saturated carbocycles. The molecule has 3 atom stereocenters. The number of carbonyl (C=O) groups excluding carboxylic acids is 4. The molecule has 0 aliphatic carbocycles. The van der Waals surface area contributed by atoms with Crippen molar-refractivity contribution >= 4 is 29.3 Å². The van der Waals surface area contributed by atoms with E-state index in [2.05, 4.69) is 16.0 Å². The van der Waals surface area contributed by atoms with Gasteiger partial charge in [-0.05, 0) is 24.6 Å². The van der Waals surface area contributed by atoms with Crippen LogP contribution in [0.15, 0.2) is 18.2 Å². The van der Waals surface area contributed by atoms with Crippen molar-refractivity contribution in [1.82, 2.24) is 15.5 Å². The smallest absolute Gasteiger partial charge is 0.385 e. The Labute approximate surface area is 169 Å². The maximum absolute atomic E-state index is 13.1. The zero-order chi connectivity index (χ0) is 21.6. The lowest BCUT2D eigenvalue weighted by Crippen LogP contribution is -2.54. The molecule has 2 saturated heterocycles. The van der Waals surface area contributed by atoms with Crippen molar-refractivity contribution < 1.29 is 32.3 Å². The largest absolute Gasteiger partial charge is 0.393 e. The highest BCUT2D eigenvalue weighted by atomic mass is 19.4. The SMILES string of the molecule is O=C1CCC(N2C(=O)c3ccc(NC[C@@H]4CNC[C@H]4C(F)(F)F)cc3C2=O)C(=O)N1. The summed E-state index contributed by atoms with van der Waals surface area (Å²) in [6, 6.07) is 3.27. The lowest BCUT2D eigenvalue weighted by atomic mass is 9.95. The van der Waals surface area contributed by atoms with Gasteiger partial charge in [-0.15, -0.1) is 0 Å². The van der Waals surface area contributed by atoms with E-state index in [1.165, 1.54) is 18.2 Å². The van der Waals surface area contributed by atoms with Gasteiger partial charge in [0.25, 0.3) is 11.8 Å². The summed E-state index contributed by atoms with van der Waals surface area (Å²) in [6.07, 6.45) is -4.22. The minimum atomic E-state index is -4.29. The fourth-order valence-corrected chi connectivity index (χ4v) is 4.16. The predicted octanol–water partition coefficient (Wildman–Crippen LogP) is 0.898. The minimum absolute atomic E-state index is 0.0203. The summed E-state index contributed by atoms with van der Waals surface area (Å²) >= 11 is 0. The Hall–Kier alpha value is -2.95. The standard InChI is InChI=1S/C19H19F3N4O4/c20-19(21,22)13-8-23-6-9(13)7-24-10-1-2-11-12(5-10)18(30)26(17(11)29)14-3-4-15(27)25-16(14)28/h1-2,5,9,13-14,23-24H,3-4,6-8H2,(H,25,27,28)/t9-,13+,14?/m0/s1. The first-order valence-electron chi connectivity index (χ1n) is 9.53. The van der Waals surface area contributed by atoms with Crippen molar-refractivity contribution in [3.8, 4) is 0 Å². The van der Waals surface area contributed by atoms with Gasteiger partial charge in [0.15, 0.2) is 0 Å². The third kappa shape index (κ3) is 3.53. The number of rotatable bonds is 4. The van der Waals surface area contributed by atoms with Crippen LogP contribution in [-0.2, 0) is 9.59 Å². The number of hydrogen-bond donors (Lipinski definition) is 3. The van der Waals surface area contributed by atoms with Crippen molar-refractivity contribution in [1.29, 1.82) is 0 Å². The summed E-state index contributed by atoms with van der Waals surface area (Å²) in [5, 5.41) is 7.78. The molecule has 4 rings (SSSR count). The van der Waals surface area contributed by atoms with Gasteiger partial charge in [-0.25, -0.2) is 0 Å². The molecular formula is C19H19F3N4O4. The van der Waals surface area contributed by atoms with Crippen LogP contribution in [0.3, 0.4) is 0 Å². The van der Waals surface area contributed by atoms with E-state index in [4.69, 9.17) is 0 Å². The number of hydrogen-bond acceptors (Lipinski definition) is 6. The Bertz CT molecular complexity index is 933. The van der Waals surface area contributed by atoms with Crippen LogP contribution in [0.2, 0.25) is 0 Å². The molecule has 0 radical (unpaired) electrons. The number of benzene rings is 1. The zero-order valence-electron chi connectivity index (χ0n) is 15.7. The molecule has 4 amide bonds.